The number of hydrogen-bond donors (Lipinski definition) is 0. The van der Waals surface area contributed by atoms with Crippen molar-refractivity contribution < 1.29 is 0 Å². The van der Waals surface area contributed by atoms with Gasteiger partial charge >= 0.3 is 0 Å². The van der Waals surface area contributed by atoms with Crippen LogP contribution in [0, 0.1) is 0 Å². The van der Waals surface area contributed by atoms with Crippen molar-refractivity contribution in [1.82, 2.24) is 19.1 Å². The molecular weight excluding hydrogens is 841 g/mol. The van der Waals surface area contributed by atoms with Crippen LogP contribution in [0.3, 0.4) is 0 Å². The van der Waals surface area contributed by atoms with Crippen LogP contribution >= 0.6 is 0 Å². The minimum absolute atomic E-state index is 0.706. The average Bonchev–Trinajstić information content (AvgIpc) is 3.93. The fraction of sp³-hybridized carbons (Fsp3) is 0.0159. The molecule has 68 heavy (non-hydrogen) atoms. The monoisotopic (exact) mass is 884 g/mol. The Bertz CT molecular complexity index is 3990. The number of para-hydroxylation sites is 4. The summed E-state index contributed by atoms with van der Waals surface area (Å²) in [5.74, 6) is 0.706. The van der Waals surface area contributed by atoms with Crippen LogP contribution < -0.4 is 15.6 Å². The summed E-state index contributed by atoms with van der Waals surface area (Å²) >= 11 is 0. The Labute approximate surface area is 395 Å². The Kier molecular flexibility index (Phi) is 9.37. The third kappa shape index (κ3) is 6.43. The zero-order valence-corrected chi connectivity index (χ0v) is 38.5. The van der Waals surface area contributed by atoms with Crippen molar-refractivity contribution in [3.63, 3.8) is 0 Å². The SMILES string of the molecule is C[Si](c1ccccc1)(c1ccccc1)c1cccc(-c2nc(-c3ccc(-n4c5ccccc5c5cc(-c6ccc7c(c6)c6ccccc6n7-c6ccccc6)ccc54)cc3)nc3ccccc23)c1. The van der Waals surface area contributed by atoms with Gasteiger partial charge in [0.05, 0.1) is 33.3 Å². The molecule has 3 heterocycles. The van der Waals surface area contributed by atoms with E-state index < -0.39 is 8.07 Å². The summed E-state index contributed by atoms with van der Waals surface area (Å²) in [7, 11) is -2.36. The van der Waals surface area contributed by atoms with E-state index in [0.29, 0.717) is 5.82 Å². The molecule has 0 atom stereocenters. The molecule has 0 amide bonds. The molecule has 0 radical (unpaired) electrons. The maximum absolute atomic E-state index is 5.39. The number of hydrogen-bond acceptors (Lipinski definition) is 2. The van der Waals surface area contributed by atoms with Crippen LogP contribution in [0.1, 0.15) is 0 Å². The lowest BCUT2D eigenvalue weighted by Gasteiger charge is -2.30. The minimum atomic E-state index is -2.36. The van der Waals surface area contributed by atoms with Gasteiger partial charge in [-0.3, -0.25) is 0 Å². The highest BCUT2D eigenvalue weighted by atomic mass is 28.3. The lowest BCUT2D eigenvalue weighted by molar-refractivity contribution is 1.17. The molecule has 0 aliphatic carbocycles. The van der Waals surface area contributed by atoms with E-state index in [1.165, 1.54) is 64.8 Å². The van der Waals surface area contributed by atoms with Gasteiger partial charge in [0.15, 0.2) is 5.82 Å². The van der Waals surface area contributed by atoms with Crippen molar-refractivity contribution in [2.75, 3.05) is 0 Å². The van der Waals surface area contributed by atoms with Crippen molar-refractivity contribution in [2.45, 2.75) is 6.55 Å². The largest absolute Gasteiger partial charge is 0.309 e. The zero-order chi connectivity index (χ0) is 45.2. The zero-order valence-electron chi connectivity index (χ0n) is 37.5. The first-order valence-corrected chi connectivity index (χ1v) is 25.8. The number of nitrogens with zero attached hydrogens (tertiary/aromatic N) is 4. The minimum Gasteiger partial charge on any atom is -0.309 e. The fourth-order valence-electron chi connectivity index (χ4n) is 10.6. The molecule has 3 aromatic heterocycles. The molecule has 10 aromatic carbocycles. The van der Waals surface area contributed by atoms with Crippen LogP contribution in [-0.2, 0) is 0 Å². The quantitative estimate of drug-likeness (QED) is 0.113. The maximum Gasteiger partial charge on any atom is 0.160 e. The number of fused-ring (bicyclic) bond motifs is 7. The summed E-state index contributed by atoms with van der Waals surface area (Å²) < 4.78 is 4.75. The van der Waals surface area contributed by atoms with Gasteiger partial charge in [-0.1, -0.05) is 176 Å². The van der Waals surface area contributed by atoms with E-state index in [2.05, 4.69) is 264 Å². The van der Waals surface area contributed by atoms with Crippen molar-refractivity contribution in [3.05, 3.63) is 249 Å². The Hall–Kier alpha value is -8.64. The highest BCUT2D eigenvalue weighted by Crippen LogP contribution is 2.39. The van der Waals surface area contributed by atoms with E-state index in [1.54, 1.807) is 0 Å². The summed E-state index contributed by atoms with van der Waals surface area (Å²) in [5, 5.41) is 10.1. The van der Waals surface area contributed by atoms with Gasteiger partial charge in [-0.25, -0.2) is 9.97 Å². The number of benzene rings is 10. The first-order chi connectivity index (χ1) is 33.6. The predicted molar refractivity (Wildman–Crippen MR) is 288 cm³/mol. The summed E-state index contributed by atoms with van der Waals surface area (Å²) in [5.41, 5.74) is 13.3. The Morgan fingerprint density at radius 3 is 1.35 bits per heavy atom. The fourth-order valence-corrected chi connectivity index (χ4v) is 14.2. The second kappa shape index (κ2) is 16.1. The van der Waals surface area contributed by atoms with E-state index in [0.717, 1.165) is 44.6 Å². The second-order valence-electron chi connectivity index (χ2n) is 17.9. The summed E-state index contributed by atoms with van der Waals surface area (Å²) in [6.45, 7) is 2.46. The lowest BCUT2D eigenvalue weighted by atomic mass is 10.0. The molecule has 0 fully saturated rings. The Morgan fingerprint density at radius 2 is 0.765 bits per heavy atom. The Morgan fingerprint density at radius 1 is 0.309 bits per heavy atom. The molecule has 0 aliphatic heterocycles. The molecule has 0 aliphatic rings. The van der Waals surface area contributed by atoms with Crippen LogP contribution in [0.4, 0.5) is 0 Å². The predicted octanol–water partition coefficient (Wildman–Crippen LogP) is 13.9. The summed E-state index contributed by atoms with van der Waals surface area (Å²) in [4.78, 5) is 10.6. The normalized spacial score (nSPS) is 11.9. The van der Waals surface area contributed by atoms with Gasteiger partial charge in [0, 0.05) is 49.4 Å². The maximum atomic E-state index is 5.39. The molecule has 4 nitrogen and oxygen atoms in total. The van der Waals surface area contributed by atoms with E-state index in [1.807, 2.05) is 0 Å². The van der Waals surface area contributed by atoms with Crippen LogP contribution in [0.5, 0.6) is 0 Å². The van der Waals surface area contributed by atoms with Gasteiger partial charge in [-0.05, 0) is 106 Å². The first-order valence-electron chi connectivity index (χ1n) is 23.3. The van der Waals surface area contributed by atoms with Crippen molar-refractivity contribution in [2.24, 2.45) is 0 Å². The molecule has 320 valence electrons. The topological polar surface area (TPSA) is 35.6 Å². The van der Waals surface area contributed by atoms with Gasteiger partial charge in [-0.15, -0.1) is 0 Å². The van der Waals surface area contributed by atoms with Gasteiger partial charge in [-0.2, -0.15) is 0 Å². The van der Waals surface area contributed by atoms with E-state index in [4.69, 9.17) is 9.97 Å². The first kappa shape index (κ1) is 39.7. The lowest BCUT2D eigenvalue weighted by Crippen LogP contribution is -2.64. The summed E-state index contributed by atoms with van der Waals surface area (Å²) in [6.07, 6.45) is 0. The Balaban J connectivity index is 0.886. The molecule has 0 saturated heterocycles. The van der Waals surface area contributed by atoms with Crippen molar-refractivity contribution in [3.8, 4) is 45.1 Å². The summed E-state index contributed by atoms with van der Waals surface area (Å²) in [6, 6.07) is 90.2. The third-order valence-corrected chi connectivity index (χ3v) is 18.5. The van der Waals surface area contributed by atoms with Crippen LogP contribution in [0.2, 0.25) is 6.55 Å². The molecule has 0 unspecified atom stereocenters. The van der Waals surface area contributed by atoms with Gasteiger partial charge in [0.1, 0.15) is 8.07 Å². The highest BCUT2D eigenvalue weighted by molar-refractivity contribution is 7.10. The van der Waals surface area contributed by atoms with Crippen molar-refractivity contribution >= 4 is 78.1 Å². The van der Waals surface area contributed by atoms with Crippen LogP contribution in [0.15, 0.2) is 249 Å². The molecule has 0 spiro atoms. The number of aromatic nitrogens is 4. The van der Waals surface area contributed by atoms with Gasteiger partial charge < -0.3 is 9.13 Å². The van der Waals surface area contributed by atoms with Crippen LogP contribution in [-0.4, -0.2) is 27.2 Å². The molecule has 0 bridgehead atoms. The van der Waals surface area contributed by atoms with Crippen molar-refractivity contribution in [1.29, 1.82) is 0 Å². The standard InChI is InChI=1S/C63H44N4Si/c1-68(49-21-7-3-8-22-49,50-23-9-4-10-24-50)51-25-17-18-46(40-51)62-54-28-11-14-29-57(54)64-63(65-62)43-32-36-48(37-33-43)67-59-31-16-13-27-53(59)56-42-45(35-39-61(56)67)44-34-38-60-55(41-44)52-26-12-15-30-58(52)66(60)47-19-5-2-6-20-47/h2-42H,1H3. The molecule has 0 N–H and O–H groups in total. The molecule has 0 saturated carbocycles. The van der Waals surface area contributed by atoms with E-state index >= 15 is 0 Å². The molecule has 13 rings (SSSR count). The smallest absolute Gasteiger partial charge is 0.160 e. The van der Waals surface area contributed by atoms with E-state index in [-0.39, 0.29) is 0 Å². The third-order valence-electron chi connectivity index (χ3n) is 14.1. The molecule has 13 aromatic rings. The van der Waals surface area contributed by atoms with Gasteiger partial charge in [0.2, 0.25) is 0 Å². The molecular formula is C63H44N4Si. The van der Waals surface area contributed by atoms with Gasteiger partial charge in [0.25, 0.3) is 0 Å². The number of rotatable bonds is 8. The molecule has 5 heteroatoms. The van der Waals surface area contributed by atoms with Crippen LogP contribution in [0.25, 0.3) is 99.7 Å². The average molecular weight is 885 g/mol. The van der Waals surface area contributed by atoms with E-state index in [9.17, 15) is 0 Å². The highest BCUT2D eigenvalue weighted by Gasteiger charge is 2.34. The second-order valence-corrected chi connectivity index (χ2v) is 21.9.